The Labute approximate surface area is 128 Å². The largest absolute Gasteiger partial charge is 0.395 e. The Kier molecular flexibility index (Phi) is 6.02. The van der Waals surface area contributed by atoms with E-state index in [1.54, 1.807) is 7.11 Å². The zero-order chi connectivity index (χ0) is 15.3. The molecule has 1 N–H and O–H groups in total. The van der Waals surface area contributed by atoms with Gasteiger partial charge in [0.05, 0.1) is 6.61 Å². The number of nitrogens with zero attached hydrogens (tertiary/aromatic N) is 2. The van der Waals surface area contributed by atoms with E-state index in [0.29, 0.717) is 12.6 Å². The molecular formula is C16H30N2O3. The van der Waals surface area contributed by atoms with Gasteiger partial charge in [0.1, 0.15) is 5.60 Å². The molecule has 2 aliphatic rings. The Morgan fingerprint density at radius 3 is 2.43 bits per heavy atom. The maximum Gasteiger partial charge on any atom is 0.254 e. The van der Waals surface area contributed by atoms with Gasteiger partial charge in [-0.2, -0.15) is 0 Å². The fourth-order valence-corrected chi connectivity index (χ4v) is 3.73. The smallest absolute Gasteiger partial charge is 0.254 e. The van der Waals surface area contributed by atoms with Crippen LogP contribution in [0, 0.1) is 0 Å². The summed E-state index contributed by atoms with van der Waals surface area (Å²) in [6.07, 6.45) is 6.29. The minimum atomic E-state index is -0.588. The van der Waals surface area contributed by atoms with Crippen molar-refractivity contribution < 1.29 is 14.6 Å². The monoisotopic (exact) mass is 298 g/mol. The molecule has 0 spiro atoms. The molecule has 1 heterocycles. The van der Waals surface area contributed by atoms with Gasteiger partial charge in [-0.25, -0.2) is 0 Å². The highest BCUT2D eigenvalue weighted by Gasteiger charge is 2.42. The molecule has 1 saturated carbocycles. The molecule has 0 radical (unpaired) electrons. The Balaban J connectivity index is 2.01. The molecule has 5 heteroatoms. The summed E-state index contributed by atoms with van der Waals surface area (Å²) in [6, 6.07) is 0.300. The molecule has 2 rings (SSSR count). The molecule has 1 amide bonds. The predicted octanol–water partition coefficient (Wildman–Crippen LogP) is 1.25. The molecule has 1 aliphatic carbocycles. The number of hydrogen-bond acceptors (Lipinski definition) is 4. The summed E-state index contributed by atoms with van der Waals surface area (Å²) in [4.78, 5) is 17.2. The van der Waals surface area contributed by atoms with Crippen molar-refractivity contribution in [2.45, 2.75) is 57.1 Å². The zero-order valence-corrected chi connectivity index (χ0v) is 13.5. The van der Waals surface area contributed by atoms with Crippen molar-refractivity contribution in [1.82, 2.24) is 9.80 Å². The maximum absolute atomic E-state index is 13.0. The van der Waals surface area contributed by atoms with E-state index in [0.717, 1.165) is 45.3 Å². The lowest BCUT2D eigenvalue weighted by Crippen LogP contribution is -2.59. The van der Waals surface area contributed by atoms with Crippen molar-refractivity contribution >= 4 is 5.91 Å². The summed E-state index contributed by atoms with van der Waals surface area (Å²) in [6.45, 7) is 5.33. The van der Waals surface area contributed by atoms with E-state index < -0.39 is 5.60 Å². The Hall–Kier alpha value is -0.650. The van der Waals surface area contributed by atoms with Crippen molar-refractivity contribution in [2.24, 2.45) is 0 Å². The Morgan fingerprint density at radius 2 is 1.90 bits per heavy atom. The third-order valence-corrected chi connectivity index (χ3v) is 5.13. The molecule has 1 aliphatic heterocycles. The molecule has 0 aromatic rings. The van der Waals surface area contributed by atoms with E-state index in [-0.39, 0.29) is 12.5 Å². The van der Waals surface area contributed by atoms with Crippen molar-refractivity contribution in [3.63, 3.8) is 0 Å². The predicted molar refractivity (Wildman–Crippen MR) is 82.1 cm³/mol. The summed E-state index contributed by atoms with van der Waals surface area (Å²) in [5, 5.41) is 9.08. The second-order valence-corrected chi connectivity index (χ2v) is 6.47. The standard InChI is InChI=1S/C16H30N2O3/c1-14-13-18(10-9-17(14)11-12-19)15(20)16(21-2)7-5-3-4-6-8-16/h14,19H,3-13H2,1-2H3. The van der Waals surface area contributed by atoms with Crippen molar-refractivity contribution in [2.75, 3.05) is 39.9 Å². The van der Waals surface area contributed by atoms with Gasteiger partial charge in [-0.1, -0.05) is 25.7 Å². The highest BCUT2D eigenvalue weighted by Crippen LogP contribution is 2.32. The summed E-state index contributed by atoms with van der Waals surface area (Å²) >= 11 is 0. The van der Waals surface area contributed by atoms with Crippen LogP contribution in [0.15, 0.2) is 0 Å². The highest BCUT2D eigenvalue weighted by atomic mass is 16.5. The van der Waals surface area contributed by atoms with Gasteiger partial charge in [-0.05, 0) is 19.8 Å². The average molecular weight is 298 g/mol. The minimum absolute atomic E-state index is 0.181. The minimum Gasteiger partial charge on any atom is -0.395 e. The van der Waals surface area contributed by atoms with Gasteiger partial charge in [-0.3, -0.25) is 9.69 Å². The zero-order valence-electron chi connectivity index (χ0n) is 13.5. The van der Waals surface area contributed by atoms with E-state index in [9.17, 15) is 4.79 Å². The number of carbonyl (C=O) groups is 1. The van der Waals surface area contributed by atoms with Crippen LogP contribution < -0.4 is 0 Å². The van der Waals surface area contributed by atoms with E-state index in [1.807, 2.05) is 4.90 Å². The van der Waals surface area contributed by atoms with Crippen LogP contribution >= 0.6 is 0 Å². The first-order chi connectivity index (χ1) is 10.1. The van der Waals surface area contributed by atoms with Crippen LogP contribution in [0.2, 0.25) is 0 Å². The maximum atomic E-state index is 13.0. The van der Waals surface area contributed by atoms with Crippen LogP contribution in [0.3, 0.4) is 0 Å². The number of aliphatic hydroxyl groups excluding tert-OH is 1. The van der Waals surface area contributed by atoms with Gasteiger partial charge < -0.3 is 14.7 Å². The van der Waals surface area contributed by atoms with Crippen LogP contribution in [0.4, 0.5) is 0 Å². The van der Waals surface area contributed by atoms with Crippen LogP contribution in [0.25, 0.3) is 0 Å². The molecule has 1 saturated heterocycles. The summed E-state index contributed by atoms with van der Waals surface area (Å²) in [7, 11) is 1.69. The molecule has 21 heavy (non-hydrogen) atoms. The van der Waals surface area contributed by atoms with Gasteiger partial charge in [0, 0.05) is 39.3 Å². The van der Waals surface area contributed by atoms with Gasteiger partial charge in [0.25, 0.3) is 5.91 Å². The lowest BCUT2D eigenvalue weighted by Gasteiger charge is -2.43. The van der Waals surface area contributed by atoms with Crippen LogP contribution in [0.1, 0.15) is 45.4 Å². The normalized spacial score (nSPS) is 27.4. The molecule has 2 fully saturated rings. The van der Waals surface area contributed by atoms with E-state index in [2.05, 4.69) is 11.8 Å². The number of hydrogen-bond donors (Lipinski definition) is 1. The third kappa shape index (κ3) is 3.76. The number of aliphatic hydroxyl groups is 1. The quantitative estimate of drug-likeness (QED) is 0.794. The van der Waals surface area contributed by atoms with Crippen LogP contribution in [-0.2, 0) is 9.53 Å². The Bertz CT molecular complexity index is 340. The molecular weight excluding hydrogens is 268 g/mol. The van der Waals surface area contributed by atoms with Crippen molar-refractivity contribution in [3.8, 4) is 0 Å². The summed E-state index contributed by atoms with van der Waals surface area (Å²) in [5.74, 6) is 0.183. The second kappa shape index (κ2) is 7.56. The first-order valence-corrected chi connectivity index (χ1v) is 8.32. The van der Waals surface area contributed by atoms with Crippen molar-refractivity contribution in [1.29, 1.82) is 0 Å². The lowest BCUT2D eigenvalue weighted by atomic mass is 9.91. The van der Waals surface area contributed by atoms with Crippen LogP contribution in [-0.4, -0.2) is 72.4 Å². The fraction of sp³-hybridized carbons (Fsp3) is 0.938. The summed E-state index contributed by atoms with van der Waals surface area (Å²) in [5.41, 5.74) is -0.588. The second-order valence-electron chi connectivity index (χ2n) is 6.47. The number of rotatable bonds is 4. The number of ether oxygens (including phenoxy) is 1. The number of β-amino-alcohol motifs (C(OH)–C–C–N with tert-alkyl or cyclic N) is 1. The highest BCUT2D eigenvalue weighted by molar-refractivity contribution is 5.85. The van der Waals surface area contributed by atoms with Gasteiger partial charge in [-0.15, -0.1) is 0 Å². The first kappa shape index (κ1) is 16.7. The number of amides is 1. The topological polar surface area (TPSA) is 53.0 Å². The first-order valence-electron chi connectivity index (χ1n) is 8.32. The van der Waals surface area contributed by atoms with Gasteiger partial charge in [0.15, 0.2) is 0 Å². The van der Waals surface area contributed by atoms with E-state index >= 15 is 0 Å². The lowest BCUT2D eigenvalue weighted by molar-refractivity contribution is -0.159. The Morgan fingerprint density at radius 1 is 1.24 bits per heavy atom. The van der Waals surface area contributed by atoms with Crippen molar-refractivity contribution in [3.05, 3.63) is 0 Å². The number of methoxy groups -OCH3 is 1. The molecule has 0 aromatic heterocycles. The average Bonchev–Trinajstić information content (AvgIpc) is 2.75. The number of piperazine rings is 1. The molecule has 122 valence electrons. The molecule has 1 atom stereocenters. The van der Waals surface area contributed by atoms with E-state index in [4.69, 9.17) is 9.84 Å². The molecule has 1 unspecified atom stereocenters. The van der Waals surface area contributed by atoms with Gasteiger partial charge >= 0.3 is 0 Å². The molecule has 5 nitrogen and oxygen atoms in total. The van der Waals surface area contributed by atoms with Crippen LogP contribution in [0.5, 0.6) is 0 Å². The van der Waals surface area contributed by atoms with E-state index in [1.165, 1.54) is 12.8 Å². The summed E-state index contributed by atoms with van der Waals surface area (Å²) < 4.78 is 5.74. The molecule has 0 bridgehead atoms. The number of carbonyl (C=O) groups excluding carboxylic acids is 1. The molecule has 0 aromatic carbocycles. The fourth-order valence-electron chi connectivity index (χ4n) is 3.73. The third-order valence-electron chi connectivity index (χ3n) is 5.13. The van der Waals surface area contributed by atoms with Gasteiger partial charge in [0.2, 0.25) is 0 Å². The SMILES string of the molecule is COC1(C(=O)N2CCN(CCO)C(C)C2)CCCCCC1.